The van der Waals surface area contributed by atoms with Gasteiger partial charge in [-0.3, -0.25) is 0 Å². The second-order valence-electron chi connectivity index (χ2n) is 6.21. The molecule has 1 heterocycles. The van der Waals surface area contributed by atoms with E-state index in [9.17, 15) is 0 Å². The second kappa shape index (κ2) is 5.12. The highest BCUT2D eigenvalue weighted by Gasteiger charge is 2.43. The molecule has 0 aromatic carbocycles. The molecule has 100 valence electrons. The maximum Gasteiger partial charge on any atom is 0.192 e. The first-order chi connectivity index (χ1) is 7.69. The minimum absolute atomic E-state index is 0.00660. The van der Waals surface area contributed by atoms with E-state index >= 15 is 0 Å². The Bertz CT molecular complexity index is 281. The van der Waals surface area contributed by atoms with Crippen molar-refractivity contribution in [2.24, 2.45) is 0 Å². The molecule has 1 aliphatic rings. The summed E-state index contributed by atoms with van der Waals surface area (Å²) >= 11 is 0. The molecule has 0 amide bonds. The number of hydrogen-bond donors (Lipinski definition) is 0. The average molecular weight is 258 g/mol. The molecule has 0 spiro atoms. The van der Waals surface area contributed by atoms with Crippen molar-refractivity contribution in [2.75, 3.05) is 7.11 Å². The summed E-state index contributed by atoms with van der Waals surface area (Å²) in [5, 5.41) is 0.201. The summed E-state index contributed by atoms with van der Waals surface area (Å²) in [5.41, 5.74) is 0. The highest BCUT2D eigenvalue weighted by Crippen LogP contribution is 2.38. The lowest BCUT2D eigenvalue weighted by atomic mass is 10.1. The van der Waals surface area contributed by atoms with Gasteiger partial charge in [-0.15, -0.1) is 0 Å². The van der Waals surface area contributed by atoms with Crippen LogP contribution >= 0.6 is 0 Å². The molecule has 0 unspecified atom stereocenters. The summed E-state index contributed by atoms with van der Waals surface area (Å²) in [6.07, 6.45) is 3.67. The van der Waals surface area contributed by atoms with Crippen LogP contribution in [0.1, 0.15) is 27.7 Å². The van der Waals surface area contributed by atoms with E-state index in [4.69, 9.17) is 13.9 Å². The quantitative estimate of drug-likeness (QED) is 0.727. The van der Waals surface area contributed by atoms with E-state index in [1.807, 2.05) is 13.0 Å². The summed E-state index contributed by atoms with van der Waals surface area (Å²) in [7, 11) is -0.0688. The Morgan fingerprint density at radius 2 is 1.82 bits per heavy atom. The van der Waals surface area contributed by atoms with Crippen LogP contribution in [0.25, 0.3) is 0 Å². The molecule has 0 fully saturated rings. The highest BCUT2D eigenvalue weighted by atomic mass is 28.4. The molecule has 0 saturated carbocycles. The SMILES string of the molecule is CO[C@H]1C=CO[C@H](C)[C@H]1O[Si](C)(C)C(C)(C)C. The lowest BCUT2D eigenvalue weighted by molar-refractivity contribution is -0.0616. The Labute approximate surface area is 106 Å². The van der Waals surface area contributed by atoms with Gasteiger partial charge in [-0.25, -0.2) is 0 Å². The smallest absolute Gasteiger partial charge is 0.192 e. The van der Waals surface area contributed by atoms with Gasteiger partial charge in [0.15, 0.2) is 8.32 Å². The third-order valence-electron chi connectivity index (χ3n) is 3.86. The Kier molecular flexibility index (Phi) is 4.44. The molecule has 1 aliphatic heterocycles. The third-order valence-corrected chi connectivity index (χ3v) is 8.33. The van der Waals surface area contributed by atoms with Crippen LogP contribution in [0.5, 0.6) is 0 Å². The third kappa shape index (κ3) is 3.33. The first kappa shape index (κ1) is 14.7. The van der Waals surface area contributed by atoms with Gasteiger partial charge in [-0.1, -0.05) is 20.8 Å². The predicted molar refractivity (Wildman–Crippen MR) is 72.6 cm³/mol. The van der Waals surface area contributed by atoms with E-state index in [1.54, 1.807) is 13.4 Å². The minimum Gasteiger partial charge on any atom is -0.496 e. The van der Waals surface area contributed by atoms with Crippen LogP contribution in [0.3, 0.4) is 0 Å². The van der Waals surface area contributed by atoms with E-state index in [0.29, 0.717) is 0 Å². The number of methoxy groups -OCH3 is 1. The van der Waals surface area contributed by atoms with Gasteiger partial charge < -0.3 is 13.9 Å². The fraction of sp³-hybridized carbons (Fsp3) is 0.846. The van der Waals surface area contributed by atoms with Crippen LogP contribution in [-0.4, -0.2) is 33.7 Å². The molecule has 0 aromatic heterocycles. The largest absolute Gasteiger partial charge is 0.496 e. The van der Waals surface area contributed by atoms with Gasteiger partial charge in [0.05, 0.1) is 6.26 Å². The Morgan fingerprint density at radius 1 is 1.24 bits per heavy atom. The molecule has 0 aromatic rings. The number of ether oxygens (including phenoxy) is 2. The summed E-state index contributed by atoms with van der Waals surface area (Å²) in [4.78, 5) is 0. The second-order valence-corrected chi connectivity index (χ2v) is 11.0. The van der Waals surface area contributed by atoms with Crippen molar-refractivity contribution < 1.29 is 13.9 Å². The average Bonchev–Trinajstić information content (AvgIpc) is 2.19. The van der Waals surface area contributed by atoms with Gasteiger partial charge in [-0.05, 0) is 31.1 Å². The van der Waals surface area contributed by atoms with Gasteiger partial charge >= 0.3 is 0 Å². The molecule has 17 heavy (non-hydrogen) atoms. The van der Waals surface area contributed by atoms with Crippen molar-refractivity contribution in [1.82, 2.24) is 0 Å². The van der Waals surface area contributed by atoms with E-state index in [-0.39, 0.29) is 23.4 Å². The highest BCUT2D eigenvalue weighted by molar-refractivity contribution is 6.74. The molecule has 0 aliphatic carbocycles. The summed E-state index contributed by atoms with van der Waals surface area (Å²) < 4.78 is 17.4. The zero-order valence-corrected chi connectivity index (χ0v) is 13.1. The molecule has 3 nitrogen and oxygen atoms in total. The molecule has 3 atom stereocenters. The van der Waals surface area contributed by atoms with Crippen molar-refractivity contribution in [2.45, 2.75) is 64.1 Å². The van der Waals surface area contributed by atoms with Gasteiger partial charge in [-0.2, -0.15) is 0 Å². The summed E-state index contributed by atoms with van der Waals surface area (Å²) in [6.45, 7) is 13.3. The molecular formula is C13H26O3Si. The first-order valence-corrected chi connectivity index (χ1v) is 9.12. The molecule has 0 bridgehead atoms. The van der Waals surface area contributed by atoms with Crippen molar-refractivity contribution >= 4 is 8.32 Å². The van der Waals surface area contributed by atoms with Crippen LogP contribution in [0.2, 0.25) is 18.1 Å². The van der Waals surface area contributed by atoms with Crippen LogP contribution < -0.4 is 0 Å². The van der Waals surface area contributed by atoms with Crippen molar-refractivity contribution in [3.8, 4) is 0 Å². The Hall–Kier alpha value is -0.323. The topological polar surface area (TPSA) is 27.7 Å². The molecule has 0 saturated heterocycles. The maximum atomic E-state index is 6.40. The van der Waals surface area contributed by atoms with Gasteiger partial charge in [0, 0.05) is 7.11 Å². The standard InChI is InChI=1S/C13H26O3Si/c1-10-12(11(14-5)8-9-15-10)16-17(6,7)13(2,3)4/h8-12H,1-7H3/t10-,11+,12-/m1/s1. The fourth-order valence-corrected chi connectivity index (χ4v) is 2.95. The van der Waals surface area contributed by atoms with Crippen molar-refractivity contribution in [3.05, 3.63) is 12.3 Å². The minimum atomic E-state index is -1.79. The first-order valence-electron chi connectivity index (χ1n) is 6.22. The molecule has 0 radical (unpaired) electrons. The number of hydrogen-bond acceptors (Lipinski definition) is 3. The van der Waals surface area contributed by atoms with Crippen LogP contribution in [0, 0.1) is 0 Å². The Morgan fingerprint density at radius 3 is 2.29 bits per heavy atom. The van der Waals surface area contributed by atoms with Gasteiger partial charge in [0.1, 0.15) is 18.3 Å². The zero-order valence-electron chi connectivity index (χ0n) is 12.1. The molecular weight excluding hydrogens is 232 g/mol. The van der Waals surface area contributed by atoms with Crippen molar-refractivity contribution in [3.63, 3.8) is 0 Å². The van der Waals surface area contributed by atoms with Crippen LogP contribution in [-0.2, 0) is 13.9 Å². The van der Waals surface area contributed by atoms with E-state index in [2.05, 4.69) is 33.9 Å². The molecule has 4 heteroatoms. The predicted octanol–water partition coefficient (Wildman–Crippen LogP) is 3.32. The maximum absolute atomic E-state index is 6.40. The summed E-state index contributed by atoms with van der Waals surface area (Å²) in [5.74, 6) is 0. The van der Waals surface area contributed by atoms with Crippen molar-refractivity contribution in [1.29, 1.82) is 0 Å². The molecule has 1 rings (SSSR count). The lowest BCUT2D eigenvalue weighted by Crippen LogP contribution is -2.52. The van der Waals surface area contributed by atoms with E-state index in [0.717, 1.165) is 0 Å². The lowest BCUT2D eigenvalue weighted by Gasteiger charge is -2.43. The van der Waals surface area contributed by atoms with Gasteiger partial charge in [0.2, 0.25) is 0 Å². The Balaban J connectivity index is 2.81. The van der Waals surface area contributed by atoms with Crippen LogP contribution in [0.4, 0.5) is 0 Å². The zero-order chi connectivity index (χ0) is 13.3. The van der Waals surface area contributed by atoms with E-state index in [1.165, 1.54) is 0 Å². The monoisotopic (exact) mass is 258 g/mol. The fourth-order valence-electron chi connectivity index (χ4n) is 1.59. The molecule has 0 N–H and O–H groups in total. The van der Waals surface area contributed by atoms with E-state index < -0.39 is 8.32 Å². The van der Waals surface area contributed by atoms with Gasteiger partial charge in [0.25, 0.3) is 0 Å². The normalized spacial score (nSPS) is 30.2. The number of rotatable bonds is 3. The summed E-state index contributed by atoms with van der Waals surface area (Å²) in [6, 6.07) is 0. The van der Waals surface area contributed by atoms with Crippen LogP contribution in [0.15, 0.2) is 12.3 Å².